The Bertz CT molecular complexity index is 619. The van der Waals surface area contributed by atoms with Crippen LogP contribution in [0.4, 0.5) is 13.2 Å². The largest absolute Gasteiger partial charge is 0.271 e. The second kappa shape index (κ2) is 6.26. The van der Waals surface area contributed by atoms with Crippen molar-refractivity contribution in [1.82, 2.24) is 5.43 Å². The minimum atomic E-state index is -0.963. The van der Waals surface area contributed by atoms with E-state index in [0.29, 0.717) is 5.02 Å². The summed E-state index contributed by atoms with van der Waals surface area (Å²) in [6.07, 6.45) is -0.00262. The quantitative estimate of drug-likeness (QED) is 0.670. The third-order valence-electron chi connectivity index (χ3n) is 2.99. The monoisotopic (exact) mass is 300 g/mol. The van der Waals surface area contributed by atoms with Gasteiger partial charge in [-0.25, -0.2) is 13.2 Å². The predicted octanol–water partition coefficient (Wildman–Crippen LogP) is 3.50. The van der Waals surface area contributed by atoms with Crippen molar-refractivity contribution in [2.24, 2.45) is 5.84 Å². The molecule has 0 spiro atoms. The highest BCUT2D eigenvalue weighted by Gasteiger charge is 2.18. The van der Waals surface area contributed by atoms with Gasteiger partial charge in [-0.3, -0.25) is 11.3 Å². The van der Waals surface area contributed by atoms with Gasteiger partial charge in [0.25, 0.3) is 0 Å². The Hall–Kier alpha value is -1.56. The summed E-state index contributed by atoms with van der Waals surface area (Å²) in [6, 6.07) is 7.11. The maximum absolute atomic E-state index is 13.8. The average molecular weight is 301 g/mol. The molecular formula is C14H12ClF3N2. The summed E-state index contributed by atoms with van der Waals surface area (Å²) in [5, 5.41) is 0.335. The molecular weight excluding hydrogens is 289 g/mol. The fourth-order valence-electron chi connectivity index (χ4n) is 1.97. The molecule has 1 unspecified atom stereocenters. The maximum Gasteiger partial charge on any atom is 0.162 e. The van der Waals surface area contributed by atoms with Gasteiger partial charge in [0.1, 0.15) is 5.82 Å². The summed E-state index contributed by atoms with van der Waals surface area (Å²) < 4.78 is 40.6. The third-order valence-corrected chi connectivity index (χ3v) is 3.23. The van der Waals surface area contributed by atoms with Crippen LogP contribution in [-0.4, -0.2) is 0 Å². The van der Waals surface area contributed by atoms with Crippen LogP contribution >= 0.6 is 11.6 Å². The van der Waals surface area contributed by atoms with E-state index in [1.54, 1.807) is 0 Å². The van der Waals surface area contributed by atoms with E-state index < -0.39 is 23.5 Å². The zero-order valence-corrected chi connectivity index (χ0v) is 11.1. The molecule has 2 aromatic carbocycles. The third kappa shape index (κ3) is 3.12. The number of halogens is 4. The summed E-state index contributed by atoms with van der Waals surface area (Å²) in [5.41, 5.74) is 2.70. The smallest absolute Gasteiger partial charge is 0.162 e. The fourth-order valence-corrected chi connectivity index (χ4v) is 2.15. The van der Waals surface area contributed by atoms with Crippen molar-refractivity contribution in [3.05, 3.63) is 70.0 Å². The topological polar surface area (TPSA) is 38.0 Å². The van der Waals surface area contributed by atoms with Crippen molar-refractivity contribution in [1.29, 1.82) is 0 Å². The van der Waals surface area contributed by atoms with Crippen molar-refractivity contribution >= 4 is 11.6 Å². The minimum Gasteiger partial charge on any atom is -0.271 e. The number of rotatable bonds is 4. The Morgan fingerprint density at radius 2 is 1.85 bits per heavy atom. The number of hydrogen-bond acceptors (Lipinski definition) is 2. The molecule has 0 saturated heterocycles. The molecule has 0 aliphatic rings. The first-order valence-corrected chi connectivity index (χ1v) is 6.24. The Balaban J connectivity index is 2.34. The van der Waals surface area contributed by atoms with Crippen molar-refractivity contribution < 1.29 is 13.2 Å². The van der Waals surface area contributed by atoms with Gasteiger partial charge in [-0.05, 0) is 36.2 Å². The molecule has 20 heavy (non-hydrogen) atoms. The number of nitrogens with one attached hydrogen (secondary N) is 1. The molecule has 0 aliphatic carbocycles. The Labute approximate surface area is 119 Å². The molecule has 3 N–H and O–H groups in total. The second-order valence-electron chi connectivity index (χ2n) is 4.30. The van der Waals surface area contributed by atoms with Crippen LogP contribution in [0.3, 0.4) is 0 Å². The maximum atomic E-state index is 13.8. The predicted molar refractivity (Wildman–Crippen MR) is 71.5 cm³/mol. The van der Waals surface area contributed by atoms with Crippen molar-refractivity contribution in [2.45, 2.75) is 12.5 Å². The molecule has 2 nitrogen and oxygen atoms in total. The second-order valence-corrected chi connectivity index (χ2v) is 4.74. The van der Waals surface area contributed by atoms with Gasteiger partial charge in [-0.1, -0.05) is 23.7 Å². The highest BCUT2D eigenvalue weighted by molar-refractivity contribution is 6.30. The van der Waals surface area contributed by atoms with Crippen molar-refractivity contribution in [3.63, 3.8) is 0 Å². The lowest BCUT2D eigenvalue weighted by molar-refractivity contribution is 0.472. The van der Waals surface area contributed by atoms with E-state index in [9.17, 15) is 13.2 Å². The average Bonchev–Trinajstić information content (AvgIpc) is 2.43. The van der Waals surface area contributed by atoms with Crippen LogP contribution in [0.15, 0.2) is 36.4 Å². The van der Waals surface area contributed by atoms with Crippen LogP contribution in [-0.2, 0) is 6.42 Å². The molecule has 1 atom stereocenters. The standard InChI is InChI=1S/C14H12ClF3N2/c15-9-4-5-11(16)10(7-9)13(20-19)6-8-2-1-3-12(17)14(8)18/h1-5,7,13,20H,6,19H2. The van der Waals surface area contributed by atoms with Crippen LogP contribution in [0.1, 0.15) is 17.2 Å². The van der Waals surface area contributed by atoms with E-state index in [1.165, 1.54) is 30.3 Å². The molecule has 0 radical (unpaired) electrons. The molecule has 2 rings (SSSR count). The van der Waals surface area contributed by atoms with Crippen LogP contribution < -0.4 is 11.3 Å². The van der Waals surface area contributed by atoms with Gasteiger partial charge in [-0.15, -0.1) is 0 Å². The van der Waals surface area contributed by atoms with Crippen LogP contribution in [0.25, 0.3) is 0 Å². The Kier molecular flexibility index (Phi) is 4.65. The molecule has 0 aromatic heterocycles. The lowest BCUT2D eigenvalue weighted by Gasteiger charge is -2.18. The molecule has 0 bridgehead atoms. The van der Waals surface area contributed by atoms with Gasteiger partial charge in [0.15, 0.2) is 11.6 Å². The summed E-state index contributed by atoms with van der Waals surface area (Å²) in [4.78, 5) is 0. The van der Waals surface area contributed by atoms with E-state index in [-0.39, 0.29) is 17.5 Å². The number of nitrogens with two attached hydrogens (primary N) is 1. The zero-order valence-electron chi connectivity index (χ0n) is 10.3. The van der Waals surface area contributed by atoms with E-state index >= 15 is 0 Å². The zero-order chi connectivity index (χ0) is 14.7. The highest BCUT2D eigenvalue weighted by Crippen LogP contribution is 2.25. The van der Waals surface area contributed by atoms with E-state index in [0.717, 1.165) is 6.07 Å². The van der Waals surface area contributed by atoms with E-state index in [4.69, 9.17) is 17.4 Å². The number of benzene rings is 2. The van der Waals surface area contributed by atoms with Crippen molar-refractivity contribution in [3.8, 4) is 0 Å². The lowest BCUT2D eigenvalue weighted by atomic mass is 9.98. The molecule has 0 fully saturated rings. The molecule has 2 aromatic rings. The minimum absolute atomic E-state index is 0.00262. The van der Waals surface area contributed by atoms with Crippen LogP contribution in [0.5, 0.6) is 0 Å². The van der Waals surface area contributed by atoms with Gasteiger partial charge in [0.2, 0.25) is 0 Å². The number of hydrazine groups is 1. The Morgan fingerprint density at radius 3 is 2.55 bits per heavy atom. The summed E-state index contributed by atoms with van der Waals surface area (Å²) >= 11 is 5.81. The first-order valence-electron chi connectivity index (χ1n) is 5.87. The first kappa shape index (κ1) is 14.8. The first-order chi connectivity index (χ1) is 9.52. The molecule has 0 amide bonds. The van der Waals surface area contributed by atoms with Gasteiger partial charge in [0.05, 0.1) is 6.04 Å². The molecule has 0 heterocycles. The molecule has 0 aliphatic heterocycles. The lowest BCUT2D eigenvalue weighted by Crippen LogP contribution is -2.30. The highest BCUT2D eigenvalue weighted by atomic mass is 35.5. The van der Waals surface area contributed by atoms with E-state index in [2.05, 4.69) is 5.43 Å². The van der Waals surface area contributed by atoms with Gasteiger partial charge >= 0.3 is 0 Å². The van der Waals surface area contributed by atoms with Crippen molar-refractivity contribution in [2.75, 3.05) is 0 Å². The summed E-state index contributed by atoms with van der Waals surface area (Å²) in [7, 11) is 0. The number of hydrogen-bond donors (Lipinski definition) is 2. The van der Waals surface area contributed by atoms with Crippen LogP contribution in [0.2, 0.25) is 5.02 Å². The molecule has 6 heteroatoms. The Morgan fingerprint density at radius 1 is 1.10 bits per heavy atom. The fraction of sp³-hybridized carbons (Fsp3) is 0.143. The SMILES string of the molecule is NNC(Cc1cccc(F)c1F)c1cc(Cl)ccc1F. The molecule has 0 saturated carbocycles. The summed E-state index contributed by atoms with van der Waals surface area (Å²) in [5.74, 6) is 2.95. The van der Waals surface area contributed by atoms with Gasteiger partial charge < -0.3 is 0 Å². The van der Waals surface area contributed by atoms with Gasteiger partial charge in [-0.2, -0.15) is 0 Å². The summed E-state index contributed by atoms with van der Waals surface area (Å²) in [6.45, 7) is 0. The normalized spacial score (nSPS) is 12.4. The van der Waals surface area contributed by atoms with Gasteiger partial charge in [0, 0.05) is 10.6 Å². The molecule has 106 valence electrons. The van der Waals surface area contributed by atoms with E-state index in [1.807, 2.05) is 0 Å². The van der Waals surface area contributed by atoms with Crippen LogP contribution in [0, 0.1) is 17.5 Å².